The summed E-state index contributed by atoms with van der Waals surface area (Å²) in [6.07, 6.45) is 5.02. The molecule has 0 spiro atoms. The minimum absolute atomic E-state index is 0.202. The zero-order valence-corrected chi connectivity index (χ0v) is 23.7. The normalized spacial score (nSPS) is 15.2. The van der Waals surface area contributed by atoms with Crippen molar-refractivity contribution in [1.82, 2.24) is 0 Å². The fraction of sp³-hybridized carbons (Fsp3) is 0.576. The second-order valence-electron chi connectivity index (χ2n) is 11.4. The van der Waals surface area contributed by atoms with Crippen molar-refractivity contribution in [2.24, 2.45) is 23.7 Å². The third-order valence-corrected chi connectivity index (χ3v) is 7.51. The van der Waals surface area contributed by atoms with E-state index in [1.807, 2.05) is 24.3 Å². The van der Waals surface area contributed by atoms with Gasteiger partial charge in [0.2, 0.25) is 0 Å². The first-order chi connectivity index (χ1) is 17.8. The van der Waals surface area contributed by atoms with Gasteiger partial charge in [-0.3, -0.25) is 9.59 Å². The highest BCUT2D eigenvalue weighted by Crippen LogP contribution is 2.59. The van der Waals surface area contributed by atoms with Gasteiger partial charge < -0.3 is 9.47 Å². The van der Waals surface area contributed by atoms with Gasteiger partial charge in [-0.05, 0) is 46.9 Å². The largest absolute Gasteiger partial charge is 0.465 e. The number of carbonyl (C=O) groups excluding carboxylic acids is 2. The van der Waals surface area contributed by atoms with Gasteiger partial charge in [0, 0.05) is 5.41 Å². The summed E-state index contributed by atoms with van der Waals surface area (Å²) in [5.74, 6) is -0.893. The van der Waals surface area contributed by atoms with Gasteiger partial charge in [0.1, 0.15) is 0 Å². The maximum atomic E-state index is 14.1. The summed E-state index contributed by atoms with van der Waals surface area (Å²) >= 11 is 0. The summed E-state index contributed by atoms with van der Waals surface area (Å²) in [5.41, 5.74) is 3.49. The predicted molar refractivity (Wildman–Crippen MR) is 150 cm³/mol. The minimum atomic E-state index is -0.834. The van der Waals surface area contributed by atoms with E-state index in [0.717, 1.165) is 47.9 Å². The molecular formula is C33H46O4. The van der Waals surface area contributed by atoms with Crippen molar-refractivity contribution in [3.63, 3.8) is 0 Å². The molecule has 0 aliphatic heterocycles. The number of rotatable bonds is 14. The SMILES string of the molecule is CCCCC(C(=O)OCC(C)C)C1(C(CCCC)C(=O)OCC(C)C)c2ccccc2-c2ccccc21. The Morgan fingerprint density at radius 2 is 1.05 bits per heavy atom. The molecule has 0 aromatic heterocycles. The van der Waals surface area contributed by atoms with E-state index in [1.54, 1.807) is 0 Å². The van der Waals surface area contributed by atoms with Gasteiger partial charge in [-0.2, -0.15) is 0 Å². The third kappa shape index (κ3) is 6.10. The lowest BCUT2D eigenvalue weighted by molar-refractivity contribution is -0.159. The van der Waals surface area contributed by atoms with Crippen LogP contribution in [0.25, 0.3) is 11.1 Å². The van der Waals surface area contributed by atoms with Crippen LogP contribution in [0.1, 0.15) is 91.2 Å². The van der Waals surface area contributed by atoms with Crippen LogP contribution in [0.5, 0.6) is 0 Å². The molecule has 0 heterocycles. The molecule has 202 valence electrons. The predicted octanol–water partition coefficient (Wildman–Crippen LogP) is 7.96. The summed E-state index contributed by atoms with van der Waals surface area (Å²) < 4.78 is 11.9. The van der Waals surface area contributed by atoms with Gasteiger partial charge >= 0.3 is 11.9 Å². The molecule has 2 aromatic rings. The Kier molecular flexibility index (Phi) is 10.4. The fourth-order valence-electron chi connectivity index (χ4n) is 5.87. The molecule has 37 heavy (non-hydrogen) atoms. The Morgan fingerprint density at radius 1 is 0.676 bits per heavy atom. The van der Waals surface area contributed by atoms with Crippen molar-refractivity contribution in [2.75, 3.05) is 13.2 Å². The quantitative estimate of drug-likeness (QED) is 0.244. The second-order valence-corrected chi connectivity index (χ2v) is 11.4. The number of carbonyl (C=O) groups is 2. The third-order valence-electron chi connectivity index (χ3n) is 7.51. The summed E-state index contributed by atoms with van der Waals surface area (Å²) in [6.45, 7) is 13.2. The van der Waals surface area contributed by atoms with E-state index < -0.39 is 17.3 Å². The molecule has 1 aliphatic rings. The van der Waals surface area contributed by atoms with Gasteiger partial charge in [0.15, 0.2) is 0 Å². The molecule has 0 amide bonds. The van der Waals surface area contributed by atoms with E-state index in [0.29, 0.717) is 26.1 Å². The van der Waals surface area contributed by atoms with Crippen LogP contribution in [0.3, 0.4) is 0 Å². The van der Waals surface area contributed by atoms with E-state index in [-0.39, 0.29) is 23.8 Å². The number of benzene rings is 2. The van der Waals surface area contributed by atoms with Crippen LogP contribution in [-0.2, 0) is 24.5 Å². The number of esters is 2. The van der Waals surface area contributed by atoms with Crippen molar-refractivity contribution in [1.29, 1.82) is 0 Å². The highest BCUT2D eigenvalue weighted by Gasteiger charge is 2.58. The maximum Gasteiger partial charge on any atom is 0.310 e. The van der Waals surface area contributed by atoms with Crippen LogP contribution in [0.2, 0.25) is 0 Å². The lowest BCUT2D eigenvalue weighted by atomic mass is 9.58. The Balaban J connectivity index is 2.31. The molecule has 4 nitrogen and oxygen atoms in total. The molecule has 0 radical (unpaired) electrons. The van der Waals surface area contributed by atoms with Crippen LogP contribution in [-0.4, -0.2) is 25.2 Å². The van der Waals surface area contributed by atoms with Gasteiger partial charge in [0.05, 0.1) is 25.0 Å². The highest BCUT2D eigenvalue weighted by molar-refractivity contribution is 5.90. The van der Waals surface area contributed by atoms with E-state index >= 15 is 0 Å². The van der Waals surface area contributed by atoms with E-state index in [2.05, 4.69) is 65.8 Å². The summed E-state index contributed by atoms with van der Waals surface area (Å²) in [6, 6.07) is 16.7. The Morgan fingerprint density at radius 3 is 1.41 bits per heavy atom. The van der Waals surface area contributed by atoms with Crippen molar-refractivity contribution in [3.05, 3.63) is 59.7 Å². The molecule has 0 saturated carbocycles. The van der Waals surface area contributed by atoms with Gasteiger partial charge in [-0.25, -0.2) is 0 Å². The Hall–Kier alpha value is -2.62. The lowest BCUT2D eigenvalue weighted by Crippen LogP contribution is -2.50. The first kappa shape index (κ1) is 28.9. The number of hydrogen-bond donors (Lipinski definition) is 0. The van der Waals surface area contributed by atoms with Crippen LogP contribution in [0.4, 0.5) is 0 Å². The van der Waals surface area contributed by atoms with Gasteiger partial charge in [-0.15, -0.1) is 0 Å². The van der Waals surface area contributed by atoms with Crippen molar-refractivity contribution in [3.8, 4) is 11.1 Å². The van der Waals surface area contributed by atoms with Gasteiger partial charge in [0.25, 0.3) is 0 Å². The average molecular weight is 507 g/mol. The van der Waals surface area contributed by atoms with E-state index in [1.165, 1.54) is 0 Å². The molecule has 2 atom stereocenters. The van der Waals surface area contributed by atoms with Crippen LogP contribution < -0.4 is 0 Å². The van der Waals surface area contributed by atoms with Crippen LogP contribution >= 0.6 is 0 Å². The minimum Gasteiger partial charge on any atom is -0.465 e. The van der Waals surface area contributed by atoms with Crippen molar-refractivity contribution in [2.45, 2.75) is 85.5 Å². The molecule has 2 unspecified atom stereocenters. The topological polar surface area (TPSA) is 52.6 Å². The highest BCUT2D eigenvalue weighted by atomic mass is 16.5. The number of hydrogen-bond acceptors (Lipinski definition) is 4. The molecule has 0 bridgehead atoms. The summed E-state index contributed by atoms with van der Waals surface area (Å²) in [5, 5.41) is 0. The van der Waals surface area contributed by atoms with E-state index in [4.69, 9.17) is 9.47 Å². The molecule has 0 fully saturated rings. The fourth-order valence-corrected chi connectivity index (χ4v) is 5.87. The number of fused-ring (bicyclic) bond motifs is 3. The molecule has 0 saturated heterocycles. The van der Waals surface area contributed by atoms with Crippen LogP contribution in [0.15, 0.2) is 48.5 Å². The van der Waals surface area contributed by atoms with Gasteiger partial charge in [-0.1, -0.05) is 116 Å². The zero-order valence-electron chi connectivity index (χ0n) is 23.7. The monoisotopic (exact) mass is 506 g/mol. The molecule has 2 aromatic carbocycles. The van der Waals surface area contributed by atoms with E-state index in [9.17, 15) is 9.59 Å². The Bertz CT molecular complexity index is 955. The lowest BCUT2D eigenvalue weighted by Gasteiger charge is -2.43. The van der Waals surface area contributed by atoms with Crippen molar-refractivity contribution >= 4 is 11.9 Å². The maximum absolute atomic E-state index is 14.1. The van der Waals surface area contributed by atoms with Crippen molar-refractivity contribution < 1.29 is 19.1 Å². The number of ether oxygens (including phenoxy) is 2. The summed E-state index contributed by atoms with van der Waals surface area (Å²) in [4.78, 5) is 28.1. The molecular weight excluding hydrogens is 460 g/mol. The average Bonchev–Trinajstić information content (AvgIpc) is 3.18. The molecule has 0 N–H and O–H groups in total. The summed E-state index contributed by atoms with van der Waals surface area (Å²) in [7, 11) is 0. The first-order valence-electron chi connectivity index (χ1n) is 14.3. The molecule has 1 aliphatic carbocycles. The Labute approximate surface area is 224 Å². The first-order valence-corrected chi connectivity index (χ1v) is 14.3. The second kappa shape index (κ2) is 13.3. The smallest absolute Gasteiger partial charge is 0.310 e. The number of unbranched alkanes of at least 4 members (excludes halogenated alkanes) is 2. The van der Waals surface area contributed by atoms with Crippen LogP contribution in [0, 0.1) is 23.7 Å². The molecule has 4 heteroatoms. The standard InChI is InChI=1S/C33H46O4/c1-7-9-17-29(31(34)36-21-23(3)4)33(30(18-10-8-2)32(35)37-22-24(5)6)27-19-13-11-15-25(27)26-16-12-14-20-28(26)33/h11-16,19-20,23-24,29-30H,7-10,17-18,21-22H2,1-6H3. The molecule has 3 rings (SSSR count). The zero-order chi connectivity index (χ0) is 27.0.